The molecule has 0 aliphatic rings. The molecule has 0 fully saturated rings. The van der Waals surface area contributed by atoms with Crippen LogP contribution in [0.1, 0.15) is 21.9 Å². The van der Waals surface area contributed by atoms with E-state index in [4.69, 9.17) is 0 Å². The van der Waals surface area contributed by atoms with E-state index < -0.39 is 0 Å². The first-order chi connectivity index (χ1) is 15.7. The molecule has 0 unspecified atom stereocenters. The van der Waals surface area contributed by atoms with Crippen LogP contribution in [0.3, 0.4) is 0 Å². The molecule has 0 bridgehead atoms. The van der Waals surface area contributed by atoms with Gasteiger partial charge in [0, 0.05) is 36.9 Å². The third kappa shape index (κ3) is 4.05. The molecule has 5 rings (SSSR count). The number of nitrogens with zero attached hydrogens (tertiary/aromatic N) is 3. The number of H-pyrrole nitrogens is 1. The minimum Gasteiger partial charge on any atom is -0.351 e. The molecule has 2 heterocycles. The van der Waals surface area contributed by atoms with Gasteiger partial charge < -0.3 is 14.5 Å². The van der Waals surface area contributed by atoms with Gasteiger partial charge in [0.15, 0.2) is 0 Å². The van der Waals surface area contributed by atoms with Gasteiger partial charge in [-0.3, -0.25) is 4.79 Å². The van der Waals surface area contributed by atoms with Crippen LogP contribution in [0.5, 0.6) is 0 Å². The first kappa shape index (κ1) is 19.8. The molecule has 0 aliphatic carbocycles. The van der Waals surface area contributed by atoms with Crippen molar-refractivity contribution in [2.24, 2.45) is 7.05 Å². The zero-order valence-corrected chi connectivity index (χ0v) is 17.9. The molecule has 0 spiro atoms. The fraction of sp³-hybridized carbons (Fsp3) is 0.111. The van der Waals surface area contributed by atoms with E-state index in [0.717, 1.165) is 27.9 Å². The van der Waals surface area contributed by atoms with Gasteiger partial charge in [-0.2, -0.15) is 0 Å². The minimum atomic E-state index is -0.0451. The van der Waals surface area contributed by atoms with E-state index in [1.54, 1.807) is 6.20 Å². The lowest BCUT2D eigenvalue weighted by atomic mass is 10.0. The first-order valence-corrected chi connectivity index (χ1v) is 10.6. The molecule has 1 amide bonds. The Balaban J connectivity index is 1.43. The van der Waals surface area contributed by atoms with Crippen molar-refractivity contribution in [1.82, 2.24) is 19.4 Å². The summed E-state index contributed by atoms with van der Waals surface area (Å²) < 4.78 is 1.95. The summed E-state index contributed by atoms with van der Waals surface area (Å²) in [5.74, 6) is 0.798. The highest BCUT2D eigenvalue weighted by Gasteiger charge is 2.20. The molecule has 2 aromatic heterocycles. The van der Waals surface area contributed by atoms with Gasteiger partial charge in [-0.25, -0.2) is 4.98 Å². The summed E-state index contributed by atoms with van der Waals surface area (Å²) in [6.07, 6.45) is 3.66. The second-order valence-electron chi connectivity index (χ2n) is 7.95. The number of fused-ring (bicyclic) bond motifs is 1. The number of aromatic amines is 1. The average Bonchev–Trinajstić information content (AvgIpc) is 3.45. The zero-order valence-electron chi connectivity index (χ0n) is 17.9. The molecule has 1 N–H and O–H groups in total. The van der Waals surface area contributed by atoms with Crippen LogP contribution in [0.4, 0.5) is 0 Å². The van der Waals surface area contributed by atoms with E-state index in [2.05, 4.69) is 46.4 Å². The molecule has 3 aromatic carbocycles. The van der Waals surface area contributed by atoms with Crippen molar-refractivity contribution in [3.8, 4) is 11.1 Å². The number of amides is 1. The topological polar surface area (TPSA) is 53.9 Å². The zero-order chi connectivity index (χ0) is 21.9. The quantitative estimate of drug-likeness (QED) is 0.399. The van der Waals surface area contributed by atoms with Crippen LogP contribution < -0.4 is 0 Å². The molecule has 5 nitrogen and oxygen atoms in total. The van der Waals surface area contributed by atoms with Crippen LogP contribution in [0.15, 0.2) is 97.3 Å². The number of nitrogens with one attached hydrogen (secondary N) is 1. The van der Waals surface area contributed by atoms with Gasteiger partial charge in [-0.05, 0) is 28.8 Å². The summed E-state index contributed by atoms with van der Waals surface area (Å²) in [5, 5.41) is 1.03. The number of rotatable bonds is 6. The minimum absolute atomic E-state index is 0.0451. The summed E-state index contributed by atoms with van der Waals surface area (Å²) in [4.78, 5) is 23.0. The predicted molar refractivity (Wildman–Crippen MR) is 127 cm³/mol. The molecule has 5 aromatic rings. The van der Waals surface area contributed by atoms with Gasteiger partial charge >= 0.3 is 0 Å². The van der Waals surface area contributed by atoms with Crippen molar-refractivity contribution in [1.29, 1.82) is 0 Å². The predicted octanol–water partition coefficient (Wildman–Crippen LogP) is 5.41. The molecule has 0 radical (unpaired) electrons. The highest BCUT2D eigenvalue weighted by molar-refractivity contribution is 5.98. The number of para-hydroxylation sites is 1. The van der Waals surface area contributed by atoms with Gasteiger partial charge in [0.2, 0.25) is 0 Å². The fourth-order valence-electron chi connectivity index (χ4n) is 3.93. The Morgan fingerprint density at radius 2 is 1.62 bits per heavy atom. The molecular formula is C27H24N4O. The summed E-state index contributed by atoms with van der Waals surface area (Å²) in [7, 11) is 1.95. The van der Waals surface area contributed by atoms with E-state index in [1.807, 2.05) is 71.2 Å². The highest BCUT2D eigenvalue weighted by Crippen LogP contribution is 2.22. The van der Waals surface area contributed by atoms with Gasteiger partial charge in [0.05, 0.1) is 6.54 Å². The Kier molecular flexibility index (Phi) is 5.30. The molecule has 158 valence electrons. The summed E-state index contributed by atoms with van der Waals surface area (Å²) in [6.45, 7) is 0.925. The van der Waals surface area contributed by atoms with Gasteiger partial charge in [-0.1, -0.05) is 72.8 Å². The molecule has 0 saturated heterocycles. The van der Waals surface area contributed by atoms with E-state index >= 15 is 0 Å². The standard InChI is InChI=1S/C27H24N4O/c1-30-16-15-28-26(30)19-31(27(32)25-17-23-9-5-6-10-24(23)29-25)18-20-11-13-22(14-12-20)21-7-3-2-4-8-21/h2-17,29H,18-19H2,1H3. The summed E-state index contributed by atoms with van der Waals surface area (Å²) in [6, 6.07) is 28.5. The number of aromatic nitrogens is 3. The lowest BCUT2D eigenvalue weighted by Crippen LogP contribution is -2.31. The third-order valence-electron chi connectivity index (χ3n) is 5.74. The number of benzene rings is 3. The Bertz CT molecular complexity index is 1320. The molecule has 0 saturated carbocycles. The highest BCUT2D eigenvalue weighted by atomic mass is 16.2. The fourth-order valence-corrected chi connectivity index (χ4v) is 3.93. The molecule has 0 aliphatic heterocycles. The third-order valence-corrected chi connectivity index (χ3v) is 5.74. The van der Waals surface area contributed by atoms with Crippen LogP contribution in [0.25, 0.3) is 22.0 Å². The maximum Gasteiger partial charge on any atom is 0.271 e. The van der Waals surface area contributed by atoms with Gasteiger partial charge in [-0.15, -0.1) is 0 Å². The Labute approximate surface area is 187 Å². The monoisotopic (exact) mass is 420 g/mol. The Hall–Kier alpha value is -4.12. The number of carbonyl (C=O) groups excluding carboxylic acids is 1. The normalized spacial score (nSPS) is 11.0. The molecule has 32 heavy (non-hydrogen) atoms. The van der Waals surface area contributed by atoms with Crippen LogP contribution in [0.2, 0.25) is 0 Å². The summed E-state index contributed by atoms with van der Waals surface area (Å²) in [5.41, 5.74) is 4.95. The smallest absolute Gasteiger partial charge is 0.271 e. The maximum atomic E-state index is 13.5. The molecule has 0 atom stereocenters. The van der Waals surface area contributed by atoms with Crippen LogP contribution >= 0.6 is 0 Å². The van der Waals surface area contributed by atoms with Crippen molar-refractivity contribution >= 4 is 16.8 Å². The average molecular weight is 421 g/mol. The maximum absolute atomic E-state index is 13.5. The van der Waals surface area contributed by atoms with Crippen molar-refractivity contribution < 1.29 is 4.79 Å². The summed E-state index contributed by atoms with van der Waals surface area (Å²) >= 11 is 0. The lowest BCUT2D eigenvalue weighted by Gasteiger charge is -2.22. The van der Waals surface area contributed by atoms with Crippen LogP contribution in [0, 0.1) is 0 Å². The SMILES string of the molecule is Cn1ccnc1CN(Cc1ccc(-c2ccccc2)cc1)C(=O)c1cc2ccccc2[nH]1. The Morgan fingerprint density at radius 3 is 2.34 bits per heavy atom. The number of imidazole rings is 1. The van der Waals surface area contributed by atoms with Gasteiger partial charge in [0.25, 0.3) is 5.91 Å². The lowest BCUT2D eigenvalue weighted by molar-refractivity contribution is 0.0719. The number of hydrogen-bond acceptors (Lipinski definition) is 2. The molecular weight excluding hydrogens is 396 g/mol. The number of carbonyl (C=O) groups is 1. The second-order valence-corrected chi connectivity index (χ2v) is 7.95. The van der Waals surface area contributed by atoms with E-state index in [0.29, 0.717) is 18.8 Å². The first-order valence-electron chi connectivity index (χ1n) is 10.6. The van der Waals surface area contributed by atoms with Crippen molar-refractivity contribution in [3.63, 3.8) is 0 Å². The van der Waals surface area contributed by atoms with Crippen molar-refractivity contribution in [3.05, 3.63) is 114 Å². The number of hydrogen-bond donors (Lipinski definition) is 1. The van der Waals surface area contributed by atoms with E-state index in [9.17, 15) is 4.79 Å². The Morgan fingerprint density at radius 1 is 0.906 bits per heavy atom. The second kappa shape index (κ2) is 8.55. The van der Waals surface area contributed by atoms with Gasteiger partial charge in [0.1, 0.15) is 11.5 Å². The number of aryl methyl sites for hydroxylation is 1. The van der Waals surface area contributed by atoms with E-state index in [-0.39, 0.29) is 5.91 Å². The molecule has 5 heteroatoms. The van der Waals surface area contributed by atoms with Crippen molar-refractivity contribution in [2.45, 2.75) is 13.1 Å². The van der Waals surface area contributed by atoms with Crippen LogP contribution in [-0.2, 0) is 20.1 Å². The van der Waals surface area contributed by atoms with E-state index in [1.165, 1.54) is 5.56 Å². The van der Waals surface area contributed by atoms with Crippen molar-refractivity contribution in [2.75, 3.05) is 0 Å². The van der Waals surface area contributed by atoms with Crippen LogP contribution in [-0.4, -0.2) is 25.3 Å². The largest absolute Gasteiger partial charge is 0.351 e.